The van der Waals surface area contributed by atoms with E-state index in [0.717, 1.165) is 21.0 Å². The summed E-state index contributed by atoms with van der Waals surface area (Å²) in [5, 5.41) is 14.9. The molecule has 0 atom stereocenters. The Labute approximate surface area is 223 Å². The predicted molar refractivity (Wildman–Crippen MR) is 148 cm³/mol. The number of carboxylic acid groups (broad SMARTS) is 1. The van der Waals surface area contributed by atoms with Crippen molar-refractivity contribution in [3.63, 3.8) is 0 Å². The molecule has 0 aliphatic rings. The Balaban J connectivity index is 1.43. The molecule has 0 saturated carbocycles. The first-order valence-electron chi connectivity index (χ1n) is 11.6. The van der Waals surface area contributed by atoms with Crippen LogP contribution in [0.1, 0.15) is 21.7 Å². The maximum atomic E-state index is 13.5. The minimum absolute atomic E-state index is 0.202. The molecule has 3 aromatic carbocycles. The number of rotatable bonds is 5. The summed E-state index contributed by atoms with van der Waals surface area (Å²) in [4.78, 5) is 29.4. The van der Waals surface area contributed by atoms with E-state index in [-0.39, 0.29) is 16.9 Å². The Morgan fingerprint density at radius 3 is 2.66 bits per heavy atom. The maximum absolute atomic E-state index is 13.5. The highest BCUT2D eigenvalue weighted by Crippen LogP contribution is 2.30. The van der Waals surface area contributed by atoms with E-state index in [9.17, 15) is 14.7 Å². The molecule has 6 rings (SSSR count). The van der Waals surface area contributed by atoms with Gasteiger partial charge in [0.2, 0.25) is 5.82 Å². The van der Waals surface area contributed by atoms with E-state index >= 15 is 0 Å². The molecule has 0 fully saturated rings. The summed E-state index contributed by atoms with van der Waals surface area (Å²) < 4.78 is 14.1. The van der Waals surface area contributed by atoms with Gasteiger partial charge in [-0.15, -0.1) is 0 Å². The number of aryl methyl sites for hydroxylation is 1. The van der Waals surface area contributed by atoms with Gasteiger partial charge in [0.15, 0.2) is 5.76 Å². The molecule has 38 heavy (non-hydrogen) atoms. The van der Waals surface area contributed by atoms with Crippen LogP contribution in [-0.2, 0) is 0 Å². The van der Waals surface area contributed by atoms with Gasteiger partial charge < -0.3 is 13.9 Å². The van der Waals surface area contributed by atoms with E-state index in [0.29, 0.717) is 33.8 Å². The van der Waals surface area contributed by atoms with Crippen LogP contribution in [0.4, 0.5) is 0 Å². The summed E-state index contributed by atoms with van der Waals surface area (Å²) in [5.41, 5.74) is 2.55. The molecule has 0 unspecified atom stereocenters. The van der Waals surface area contributed by atoms with E-state index in [1.54, 1.807) is 42.5 Å². The van der Waals surface area contributed by atoms with Crippen molar-refractivity contribution in [3.05, 3.63) is 111 Å². The Morgan fingerprint density at radius 1 is 1.00 bits per heavy atom. The molecular weight excluding hydrogens is 550 g/mol. The van der Waals surface area contributed by atoms with E-state index in [1.807, 2.05) is 37.3 Å². The average molecular weight is 568 g/mol. The van der Waals surface area contributed by atoms with E-state index in [2.05, 4.69) is 26.0 Å². The fourth-order valence-electron chi connectivity index (χ4n) is 4.27. The molecule has 6 aromatic rings. The molecule has 1 N–H and O–H groups in total. The molecule has 9 heteroatoms. The third-order valence-electron chi connectivity index (χ3n) is 6.12. The van der Waals surface area contributed by atoms with Crippen molar-refractivity contribution in [2.45, 2.75) is 6.92 Å². The van der Waals surface area contributed by atoms with Crippen molar-refractivity contribution in [2.24, 2.45) is 5.10 Å². The summed E-state index contributed by atoms with van der Waals surface area (Å²) in [5.74, 6) is 0.611. The highest BCUT2D eigenvalue weighted by atomic mass is 79.9. The fraction of sp³-hybridized carbons (Fsp3) is 0.0345. The van der Waals surface area contributed by atoms with Crippen molar-refractivity contribution in [3.8, 4) is 22.9 Å². The zero-order chi connectivity index (χ0) is 26.4. The van der Waals surface area contributed by atoms with Gasteiger partial charge in [0.05, 0.1) is 22.7 Å². The average Bonchev–Trinajstić information content (AvgIpc) is 3.55. The van der Waals surface area contributed by atoms with Crippen LogP contribution in [0.3, 0.4) is 0 Å². The number of furan rings is 2. The molecule has 186 valence electrons. The van der Waals surface area contributed by atoms with Crippen LogP contribution in [0.2, 0.25) is 0 Å². The maximum Gasteiger partial charge on any atom is 0.335 e. The normalized spacial score (nSPS) is 11.6. The number of benzene rings is 3. The van der Waals surface area contributed by atoms with Crippen molar-refractivity contribution >= 4 is 50.0 Å². The molecule has 0 radical (unpaired) electrons. The molecule has 0 bridgehead atoms. The number of nitrogens with zero attached hydrogens (tertiary/aromatic N) is 3. The summed E-state index contributed by atoms with van der Waals surface area (Å²) in [6, 6.07) is 22.8. The van der Waals surface area contributed by atoms with Crippen LogP contribution >= 0.6 is 15.9 Å². The van der Waals surface area contributed by atoms with Crippen molar-refractivity contribution in [2.75, 3.05) is 0 Å². The molecule has 3 heterocycles. The number of carboxylic acids is 1. The first-order chi connectivity index (χ1) is 18.4. The van der Waals surface area contributed by atoms with Crippen LogP contribution < -0.4 is 5.56 Å². The summed E-state index contributed by atoms with van der Waals surface area (Å²) in [6.45, 7) is 1.82. The zero-order valence-electron chi connectivity index (χ0n) is 19.9. The third-order valence-corrected chi connectivity index (χ3v) is 6.61. The van der Waals surface area contributed by atoms with Crippen LogP contribution in [0.5, 0.6) is 0 Å². The van der Waals surface area contributed by atoms with Crippen molar-refractivity contribution in [1.82, 2.24) is 9.66 Å². The van der Waals surface area contributed by atoms with Gasteiger partial charge in [-0.1, -0.05) is 34.1 Å². The number of aromatic nitrogens is 2. The fourth-order valence-corrected chi connectivity index (χ4v) is 4.65. The zero-order valence-corrected chi connectivity index (χ0v) is 21.5. The van der Waals surface area contributed by atoms with Gasteiger partial charge in [0, 0.05) is 15.4 Å². The van der Waals surface area contributed by atoms with Crippen LogP contribution in [-0.4, -0.2) is 27.0 Å². The summed E-state index contributed by atoms with van der Waals surface area (Å²) in [7, 11) is 0. The minimum atomic E-state index is -0.991. The first kappa shape index (κ1) is 23.6. The van der Waals surface area contributed by atoms with Gasteiger partial charge in [0.1, 0.15) is 17.1 Å². The number of hydrogen-bond donors (Lipinski definition) is 1. The summed E-state index contributed by atoms with van der Waals surface area (Å²) >= 11 is 3.47. The molecule has 0 spiro atoms. The lowest BCUT2D eigenvalue weighted by atomic mass is 10.0. The first-order valence-corrected chi connectivity index (χ1v) is 12.4. The van der Waals surface area contributed by atoms with E-state index in [1.165, 1.54) is 17.0 Å². The van der Waals surface area contributed by atoms with E-state index in [4.69, 9.17) is 8.83 Å². The van der Waals surface area contributed by atoms with Crippen molar-refractivity contribution in [1.29, 1.82) is 0 Å². The Morgan fingerprint density at radius 2 is 1.84 bits per heavy atom. The summed E-state index contributed by atoms with van der Waals surface area (Å²) in [6.07, 6.45) is 1.44. The molecular formula is C29H18BrN3O5. The Hall–Kier alpha value is -4.76. The smallest absolute Gasteiger partial charge is 0.335 e. The number of para-hydroxylation sites is 1. The predicted octanol–water partition coefficient (Wildman–Crippen LogP) is 6.72. The molecule has 3 aromatic heterocycles. The number of halogens is 1. The quantitative estimate of drug-likeness (QED) is 0.231. The SMILES string of the molecule is Cc1cc(C(=O)O)ccc1-c1ccc(C=Nn2c(-c3cc4cc(Br)ccc4o3)nc3ccccc3c2=O)o1. The standard InChI is InChI=1S/C29H18BrN3O5/c1-16-12-17(29(35)36)6-9-21(16)25-11-8-20(37-25)15-31-33-27(32-23-5-3-2-4-22(23)28(33)34)26-14-18-13-19(30)7-10-24(18)38-26/h2-15H,1H3,(H,35,36). The van der Waals surface area contributed by atoms with Gasteiger partial charge in [-0.25, -0.2) is 9.78 Å². The Bertz CT molecular complexity index is 1960. The number of carbonyl (C=O) groups is 1. The second-order valence-corrected chi connectivity index (χ2v) is 9.56. The largest absolute Gasteiger partial charge is 0.478 e. The topological polar surface area (TPSA) is 111 Å². The Kier molecular flexibility index (Phi) is 5.77. The van der Waals surface area contributed by atoms with E-state index < -0.39 is 5.97 Å². The number of aromatic carboxylic acids is 1. The lowest BCUT2D eigenvalue weighted by Crippen LogP contribution is -2.20. The molecule has 0 aliphatic carbocycles. The highest BCUT2D eigenvalue weighted by Gasteiger charge is 2.17. The lowest BCUT2D eigenvalue weighted by Gasteiger charge is -2.07. The van der Waals surface area contributed by atoms with Crippen LogP contribution in [0, 0.1) is 6.92 Å². The van der Waals surface area contributed by atoms with Gasteiger partial charge in [-0.05, 0) is 73.2 Å². The van der Waals surface area contributed by atoms with Gasteiger partial charge in [-0.2, -0.15) is 9.78 Å². The van der Waals surface area contributed by atoms with Gasteiger partial charge in [0.25, 0.3) is 5.56 Å². The van der Waals surface area contributed by atoms with Gasteiger partial charge in [-0.3, -0.25) is 4.79 Å². The lowest BCUT2D eigenvalue weighted by molar-refractivity contribution is 0.0696. The van der Waals surface area contributed by atoms with Crippen molar-refractivity contribution < 1.29 is 18.7 Å². The molecule has 0 aliphatic heterocycles. The highest BCUT2D eigenvalue weighted by molar-refractivity contribution is 9.10. The molecule has 8 nitrogen and oxygen atoms in total. The molecule has 0 saturated heterocycles. The number of hydrogen-bond acceptors (Lipinski definition) is 6. The van der Waals surface area contributed by atoms with Gasteiger partial charge >= 0.3 is 5.97 Å². The van der Waals surface area contributed by atoms with Crippen LogP contribution in [0.15, 0.2) is 102 Å². The second kappa shape index (κ2) is 9.28. The minimum Gasteiger partial charge on any atom is -0.478 e. The molecule has 0 amide bonds. The number of fused-ring (bicyclic) bond motifs is 2. The van der Waals surface area contributed by atoms with Crippen LogP contribution in [0.25, 0.3) is 44.8 Å². The monoisotopic (exact) mass is 567 g/mol. The third kappa shape index (κ3) is 4.22. The second-order valence-electron chi connectivity index (χ2n) is 8.64.